The first kappa shape index (κ1) is 23.4. The third-order valence-corrected chi connectivity index (χ3v) is 16.3. The summed E-state index contributed by atoms with van der Waals surface area (Å²) in [6.45, 7) is 1.29. The SMILES string of the molecule is CC(CC(CC(CP(C)(=O)CC([PH]12OC(O1)O2)[PH]12OC(O1)O2)C(=O)O)C(=O)O)C(=O)O. The topological polar surface area (TPSA) is 184 Å². The van der Waals surface area contributed by atoms with Crippen molar-refractivity contribution in [2.75, 3.05) is 19.0 Å². The third kappa shape index (κ3) is 4.28. The standard InChI is InChI=1S/C15H25O13P3/c1-7(11(16)17)3-8(12(18)19)4-9(13(20)21)5-29(2,22)6-10(30-23-14(24-30)25-30)31-26-15(27-31)28-31/h7-10,14-15,30-31H,3-6H2,1-2H3,(H,16,17)(H,18,19)(H,20,21). The predicted octanol–water partition coefficient (Wildman–Crippen LogP) is 1.92. The van der Waals surface area contributed by atoms with Crippen molar-refractivity contribution in [3.63, 3.8) is 0 Å². The summed E-state index contributed by atoms with van der Waals surface area (Å²) in [5, 5.41) is 27.5. The normalized spacial score (nSPS) is 33.9. The van der Waals surface area contributed by atoms with E-state index >= 15 is 0 Å². The van der Waals surface area contributed by atoms with Crippen LogP contribution in [0.4, 0.5) is 0 Å². The summed E-state index contributed by atoms with van der Waals surface area (Å²) in [5.41, 5.74) is 0. The average molecular weight is 506 g/mol. The molecule has 6 aliphatic rings. The molecule has 13 nitrogen and oxygen atoms in total. The van der Waals surface area contributed by atoms with Crippen LogP contribution in [0.2, 0.25) is 0 Å². The van der Waals surface area contributed by atoms with Gasteiger partial charge in [-0.2, -0.15) is 0 Å². The molecular formula is C15H25O13P3. The van der Waals surface area contributed by atoms with Crippen LogP contribution in [0.3, 0.4) is 0 Å². The number of carbonyl (C=O) groups is 3. The molecule has 4 unspecified atom stereocenters. The Kier molecular flexibility index (Phi) is 6.00. The van der Waals surface area contributed by atoms with E-state index in [2.05, 4.69) is 0 Å². The van der Waals surface area contributed by atoms with Gasteiger partial charge in [0.05, 0.1) is 0 Å². The first-order valence-corrected chi connectivity index (χ1v) is 15.8. The molecule has 0 aromatic heterocycles. The fourth-order valence-electron chi connectivity index (χ4n) is 4.14. The van der Waals surface area contributed by atoms with Crippen LogP contribution in [0.1, 0.15) is 19.8 Å². The van der Waals surface area contributed by atoms with E-state index in [1.54, 1.807) is 0 Å². The molecule has 6 rings (SSSR count). The van der Waals surface area contributed by atoms with E-state index in [0.29, 0.717) is 0 Å². The number of hydrogen-bond donors (Lipinski definition) is 3. The Morgan fingerprint density at radius 3 is 1.58 bits per heavy atom. The molecule has 0 amide bonds. The molecule has 0 aromatic carbocycles. The van der Waals surface area contributed by atoms with Gasteiger partial charge in [-0.3, -0.25) is 0 Å². The van der Waals surface area contributed by atoms with Crippen LogP contribution in [0.25, 0.3) is 0 Å². The van der Waals surface area contributed by atoms with Gasteiger partial charge >= 0.3 is 177 Å². The molecular weight excluding hydrogens is 481 g/mol. The van der Waals surface area contributed by atoms with Gasteiger partial charge in [-0.25, -0.2) is 0 Å². The summed E-state index contributed by atoms with van der Waals surface area (Å²) in [6, 6.07) is 0. The minimum atomic E-state index is -3.20. The van der Waals surface area contributed by atoms with Gasteiger partial charge in [0, 0.05) is 0 Å². The maximum absolute atomic E-state index is 13.4. The van der Waals surface area contributed by atoms with Crippen molar-refractivity contribution in [1.82, 2.24) is 0 Å². The zero-order valence-electron chi connectivity index (χ0n) is 16.7. The molecule has 6 fully saturated rings. The Labute approximate surface area is 177 Å². The molecule has 16 heteroatoms. The summed E-state index contributed by atoms with van der Waals surface area (Å²) in [4.78, 5) is 34.5. The molecule has 0 spiro atoms. The van der Waals surface area contributed by atoms with Crippen LogP contribution in [-0.2, 0) is 46.1 Å². The monoisotopic (exact) mass is 506 g/mol. The first-order valence-electron chi connectivity index (χ1n) is 9.65. The van der Waals surface area contributed by atoms with Crippen LogP contribution in [0.5, 0.6) is 0 Å². The van der Waals surface area contributed by atoms with Gasteiger partial charge < -0.3 is 0 Å². The second kappa shape index (κ2) is 7.94. The van der Waals surface area contributed by atoms with Crippen molar-refractivity contribution in [3.8, 4) is 0 Å². The van der Waals surface area contributed by atoms with Crippen molar-refractivity contribution >= 4 is 40.9 Å². The zero-order chi connectivity index (χ0) is 22.8. The van der Waals surface area contributed by atoms with Gasteiger partial charge in [0.1, 0.15) is 0 Å². The molecule has 0 aliphatic carbocycles. The van der Waals surface area contributed by atoms with Gasteiger partial charge in [0.15, 0.2) is 0 Å². The molecule has 4 atom stereocenters. The van der Waals surface area contributed by atoms with Crippen LogP contribution in [-0.4, -0.2) is 70.6 Å². The third-order valence-electron chi connectivity index (χ3n) is 5.92. The molecule has 4 bridgehead atoms. The number of aliphatic carboxylic acids is 3. The molecule has 0 saturated carbocycles. The second-order valence-corrected chi connectivity index (χ2v) is 17.6. The summed E-state index contributed by atoms with van der Waals surface area (Å²) in [5.74, 6) is -7.17. The first-order chi connectivity index (χ1) is 14.3. The fourth-order valence-corrected chi connectivity index (χ4v) is 16.1. The van der Waals surface area contributed by atoms with Crippen molar-refractivity contribution in [2.45, 2.75) is 38.1 Å². The quantitative estimate of drug-likeness (QED) is 0.308. The molecule has 3 N–H and O–H groups in total. The maximum atomic E-state index is 13.4. The fraction of sp³-hybridized carbons (Fsp3) is 0.800. The van der Waals surface area contributed by atoms with Gasteiger partial charge in [-0.15, -0.1) is 0 Å². The van der Waals surface area contributed by atoms with Crippen molar-refractivity contribution in [2.24, 2.45) is 17.8 Å². The van der Waals surface area contributed by atoms with Gasteiger partial charge in [-0.05, 0) is 0 Å². The van der Waals surface area contributed by atoms with E-state index in [9.17, 15) is 29.2 Å². The number of carboxylic acids is 3. The van der Waals surface area contributed by atoms with E-state index < -0.39 is 77.0 Å². The molecule has 6 saturated heterocycles. The average Bonchev–Trinajstić information content (AvgIpc) is 2.45. The Balaban J connectivity index is 1.43. The number of carboxylic acid groups (broad SMARTS) is 3. The van der Waals surface area contributed by atoms with Crippen molar-refractivity contribution in [3.05, 3.63) is 0 Å². The van der Waals surface area contributed by atoms with Crippen molar-refractivity contribution in [1.29, 1.82) is 0 Å². The van der Waals surface area contributed by atoms with E-state index in [0.717, 1.165) is 0 Å². The summed E-state index contributed by atoms with van der Waals surface area (Å²) < 4.78 is 46.5. The van der Waals surface area contributed by atoms with E-state index in [1.807, 2.05) is 0 Å². The predicted molar refractivity (Wildman–Crippen MR) is 106 cm³/mol. The van der Waals surface area contributed by atoms with E-state index in [-0.39, 0.29) is 25.2 Å². The number of hydrogen-bond acceptors (Lipinski definition) is 10. The van der Waals surface area contributed by atoms with E-state index in [1.165, 1.54) is 13.6 Å². The van der Waals surface area contributed by atoms with Gasteiger partial charge in [0.2, 0.25) is 0 Å². The molecule has 0 aromatic rings. The minimum absolute atomic E-state index is 0.0437. The molecule has 0 radical (unpaired) electrons. The van der Waals surface area contributed by atoms with Crippen LogP contribution < -0.4 is 0 Å². The Hall–Kier alpha value is -0.740. The van der Waals surface area contributed by atoms with Gasteiger partial charge in [0.25, 0.3) is 0 Å². The van der Waals surface area contributed by atoms with Crippen molar-refractivity contribution < 1.29 is 61.4 Å². The van der Waals surface area contributed by atoms with Gasteiger partial charge in [-0.1, -0.05) is 0 Å². The summed E-state index contributed by atoms with van der Waals surface area (Å²) in [7, 11) is -9.43. The summed E-state index contributed by atoms with van der Waals surface area (Å²) in [6.07, 6.45) is -0.901. The zero-order valence-corrected chi connectivity index (χ0v) is 19.6. The molecule has 6 aliphatic heterocycles. The molecule has 31 heavy (non-hydrogen) atoms. The van der Waals surface area contributed by atoms with E-state index in [4.69, 9.17) is 32.2 Å². The summed E-state index contributed by atoms with van der Waals surface area (Å²) >= 11 is 0. The van der Waals surface area contributed by atoms with Crippen LogP contribution >= 0.6 is 23.0 Å². The Bertz CT molecular complexity index is 788. The molecule has 6 heterocycles. The van der Waals surface area contributed by atoms with Crippen LogP contribution in [0.15, 0.2) is 0 Å². The molecule has 178 valence electrons. The second-order valence-electron chi connectivity index (χ2n) is 8.49. The Morgan fingerprint density at radius 2 is 1.26 bits per heavy atom. The van der Waals surface area contributed by atoms with Crippen LogP contribution in [0, 0.1) is 17.8 Å². The Morgan fingerprint density at radius 1 is 0.806 bits per heavy atom. The number of rotatable bonds is 13.